The number of rotatable bonds is 7. The fourth-order valence-electron chi connectivity index (χ4n) is 1.79. The Balaban J connectivity index is 3.01. The van der Waals surface area contributed by atoms with Crippen LogP contribution < -0.4 is 5.32 Å². The van der Waals surface area contributed by atoms with Crippen molar-refractivity contribution in [3.8, 4) is 0 Å². The maximum absolute atomic E-state index is 14.3. The maximum Gasteiger partial charge on any atom is 0.379 e. The van der Waals surface area contributed by atoms with Crippen LogP contribution in [0.15, 0.2) is 30.3 Å². The molecule has 0 heterocycles. The zero-order valence-electron chi connectivity index (χ0n) is 12.8. The fourth-order valence-corrected chi connectivity index (χ4v) is 1.79. The van der Waals surface area contributed by atoms with Gasteiger partial charge in [-0.15, -0.1) is 0 Å². The topological polar surface area (TPSA) is 58.6 Å². The molecule has 0 aliphatic rings. The average Bonchev–Trinajstić information content (AvgIpc) is 2.48. The number of nitrogens with zero attached hydrogens (tertiary/aromatic N) is 1. The van der Waals surface area contributed by atoms with Gasteiger partial charge in [0.15, 0.2) is 0 Å². The zero-order chi connectivity index (χ0) is 16.8. The van der Waals surface area contributed by atoms with Crippen LogP contribution in [0.25, 0.3) is 0 Å². The van der Waals surface area contributed by atoms with Gasteiger partial charge in [0, 0.05) is 14.1 Å². The molecule has 0 unspecified atom stereocenters. The Morgan fingerprint density at radius 2 is 1.86 bits per heavy atom. The minimum Gasteiger partial charge on any atom is -0.462 e. The summed E-state index contributed by atoms with van der Waals surface area (Å²) >= 11 is 0. The summed E-state index contributed by atoms with van der Waals surface area (Å²) in [5.74, 6) is -5.78. The van der Waals surface area contributed by atoms with Gasteiger partial charge in [0.2, 0.25) is 5.91 Å². The van der Waals surface area contributed by atoms with E-state index in [9.17, 15) is 18.4 Å². The first-order chi connectivity index (χ1) is 10.3. The minimum absolute atomic E-state index is 0.146. The van der Waals surface area contributed by atoms with Crippen molar-refractivity contribution in [2.75, 3.05) is 27.2 Å². The smallest absolute Gasteiger partial charge is 0.379 e. The molecule has 0 aromatic heterocycles. The van der Waals surface area contributed by atoms with E-state index in [-0.39, 0.29) is 24.6 Å². The summed E-state index contributed by atoms with van der Waals surface area (Å²) in [4.78, 5) is 24.4. The molecule has 0 spiro atoms. The number of carbonyl (C=O) groups excluding carboxylic acids is 2. The lowest BCUT2D eigenvalue weighted by Crippen LogP contribution is -2.47. The molecule has 122 valence electrons. The number of amides is 1. The van der Waals surface area contributed by atoms with Crippen LogP contribution in [0.2, 0.25) is 0 Å². The average molecular weight is 314 g/mol. The lowest BCUT2D eigenvalue weighted by atomic mass is 10.0. The molecule has 0 aliphatic heterocycles. The molecular weight excluding hydrogens is 294 g/mol. The molecule has 1 N–H and O–H groups in total. The molecule has 0 fully saturated rings. The number of hydrogen-bond acceptors (Lipinski definition) is 4. The van der Waals surface area contributed by atoms with Gasteiger partial charge in [0.25, 0.3) is 0 Å². The predicted octanol–water partition coefficient (Wildman–Crippen LogP) is 1.60. The van der Waals surface area contributed by atoms with E-state index in [1.807, 2.05) is 0 Å². The molecular formula is C15H20F2N2O3. The highest BCUT2D eigenvalue weighted by molar-refractivity contribution is 5.80. The largest absolute Gasteiger partial charge is 0.462 e. The summed E-state index contributed by atoms with van der Waals surface area (Å²) in [7, 11) is 3.04. The first-order valence-corrected chi connectivity index (χ1v) is 6.84. The number of benzene rings is 1. The molecule has 0 bridgehead atoms. The van der Waals surface area contributed by atoms with Gasteiger partial charge in [-0.1, -0.05) is 30.3 Å². The molecule has 1 atom stereocenters. The number of likely N-dealkylation sites (N-methyl/N-ethyl adjacent to an activating group) is 1. The van der Waals surface area contributed by atoms with Crippen LogP contribution in [0.3, 0.4) is 0 Å². The third-order valence-electron chi connectivity index (χ3n) is 3.00. The zero-order valence-corrected chi connectivity index (χ0v) is 12.8. The van der Waals surface area contributed by atoms with Gasteiger partial charge in [0.05, 0.1) is 13.2 Å². The lowest BCUT2D eigenvalue weighted by Gasteiger charge is -2.26. The van der Waals surface area contributed by atoms with E-state index in [0.29, 0.717) is 0 Å². The summed E-state index contributed by atoms with van der Waals surface area (Å²) in [6, 6.07) is 6.12. The molecule has 1 aromatic rings. The lowest BCUT2D eigenvalue weighted by molar-refractivity contribution is -0.176. The van der Waals surface area contributed by atoms with E-state index >= 15 is 0 Å². The number of carbonyl (C=O) groups is 2. The normalized spacial score (nSPS) is 12.6. The minimum atomic E-state index is -3.79. The predicted molar refractivity (Wildman–Crippen MR) is 77.5 cm³/mol. The highest BCUT2D eigenvalue weighted by atomic mass is 19.3. The van der Waals surface area contributed by atoms with E-state index in [2.05, 4.69) is 10.1 Å². The standard InChI is InChI=1S/C15H20F2N2O3/c1-4-22-14(21)15(16,17)13(11-8-6-5-7-9-11)18-10-12(20)19(2)3/h5-9,13,18H,4,10H2,1-3H3/t13-/m0/s1. The van der Waals surface area contributed by atoms with E-state index in [0.717, 1.165) is 0 Å². The Morgan fingerprint density at radius 1 is 1.27 bits per heavy atom. The first-order valence-electron chi connectivity index (χ1n) is 6.84. The number of nitrogens with one attached hydrogen (secondary N) is 1. The van der Waals surface area contributed by atoms with E-state index in [4.69, 9.17) is 0 Å². The van der Waals surface area contributed by atoms with Crippen LogP contribution in [-0.4, -0.2) is 49.9 Å². The second kappa shape index (κ2) is 7.84. The van der Waals surface area contributed by atoms with E-state index in [1.165, 1.54) is 38.1 Å². The van der Waals surface area contributed by atoms with Gasteiger partial charge in [0.1, 0.15) is 6.04 Å². The Labute approximate surface area is 128 Å². The van der Waals surface area contributed by atoms with Crippen molar-refractivity contribution in [3.63, 3.8) is 0 Å². The number of hydrogen-bond donors (Lipinski definition) is 1. The molecule has 0 radical (unpaired) electrons. The second-order valence-corrected chi connectivity index (χ2v) is 4.86. The summed E-state index contributed by atoms with van der Waals surface area (Å²) in [5, 5.41) is 2.45. The van der Waals surface area contributed by atoms with Crippen molar-refractivity contribution < 1.29 is 23.1 Å². The summed E-state index contributed by atoms with van der Waals surface area (Å²) in [5.41, 5.74) is 0.201. The summed E-state index contributed by atoms with van der Waals surface area (Å²) < 4.78 is 33.1. The molecule has 0 aliphatic carbocycles. The summed E-state index contributed by atoms with van der Waals surface area (Å²) in [6.07, 6.45) is 0. The van der Waals surface area contributed by atoms with E-state index in [1.54, 1.807) is 18.2 Å². The number of esters is 1. The first kappa shape index (κ1) is 18.0. The third kappa shape index (κ3) is 4.49. The van der Waals surface area contributed by atoms with Crippen molar-refractivity contribution >= 4 is 11.9 Å². The van der Waals surface area contributed by atoms with Gasteiger partial charge in [-0.25, -0.2) is 4.79 Å². The Bertz CT molecular complexity index is 507. The monoisotopic (exact) mass is 314 g/mol. The third-order valence-corrected chi connectivity index (χ3v) is 3.00. The highest BCUT2D eigenvalue weighted by Crippen LogP contribution is 2.32. The number of halogens is 2. The number of alkyl halides is 2. The SMILES string of the molecule is CCOC(=O)C(F)(F)[C@@H](NCC(=O)N(C)C)c1ccccc1. The van der Waals surface area contributed by atoms with Crippen molar-refractivity contribution in [2.45, 2.75) is 18.9 Å². The summed E-state index contributed by atoms with van der Waals surface area (Å²) in [6.45, 7) is 0.989. The molecule has 22 heavy (non-hydrogen) atoms. The molecule has 1 aromatic carbocycles. The fraction of sp³-hybridized carbons (Fsp3) is 0.467. The van der Waals surface area contributed by atoms with Gasteiger partial charge < -0.3 is 9.64 Å². The van der Waals surface area contributed by atoms with Crippen LogP contribution >= 0.6 is 0 Å². The molecule has 0 saturated carbocycles. The van der Waals surface area contributed by atoms with Crippen molar-refractivity contribution in [3.05, 3.63) is 35.9 Å². The van der Waals surface area contributed by atoms with Gasteiger partial charge in [-0.3, -0.25) is 10.1 Å². The van der Waals surface area contributed by atoms with Crippen LogP contribution in [0, 0.1) is 0 Å². The van der Waals surface area contributed by atoms with Crippen molar-refractivity contribution in [2.24, 2.45) is 0 Å². The van der Waals surface area contributed by atoms with Crippen LogP contribution in [-0.2, 0) is 14.3 Å². The number of ether oxygens (including phenoxy) is 1. The Kier molecular flexibility index (Phi) is 6.42. The Morgan fingerprint density at radius 3 is 2.36 bits per heavy atom. The molecule has 1 amide bonds. The van der Waals surface area contributed by atoms with E-state index < -0.39 is 17.9 Å². The van der Waals surface area contributed by atoms with Crippen LogP contribution in [0.5, 0.6) is 0 Å². The highest BCUT2D eigenvalue weighted by Gasteiger charge is 2.49. The van der Waals surface area contributed by atoms with Gasteiger partial charge in [-0.05, 0) is 12.5 Å². The maximum atomic E-state index is 14.3. The molecule has 0 saturated heterocycles. The molecule has 1 rings (SSSR count). The van der Waals surface area contributed by atoms with Gasteiger partial charge in [-0.2, -0.15) is 8.78 Å². The molecule has 7 heteroatoms. The van der Waals surface area contributed by atoms with Crippen LogP contribution in [0.4, 0.5) is 8.78 Å². The molecule has 5 nitrogen and oxygen atoms in total. The van der Waals surface area contributed by atoms with Crippen molar-refractivity contribution in [1.29, 1.82) is 0 Å². The van der Waals surface area contributed by atoms with Gasteiger partial charge >= 0.3 is 11.9 Å². The Hall–Kier alpha value is -2.02. The van der Waals surface area contributed by atoms with Crippen molar-refractivity contribution in [1.82, 2.24) is 10.2 Å². The quantitative estimate of drug-likeness (QED) is 0.777. The van der Waals surface area contributed by atoms with Crippen LogP contribution in [0.1, 0.15) is 18.5 Å². The second-order valence-electron chi connectivity index (χ2n) is 4.86.